The normalized spacial score (nSPS) is 14.8. The van der Waals surface area contributed by atoms with Crippen LogP contribution in [0.2, 0.25) is 0 Å². The van der Waals surface area contributed by atoms with Crippen molar-refractivity contribution in [3.63, 3.8) is 0 Å². The zero-order valence-corrected chi connectivity index (χ0v) is 8.44. The van der Waals surface area contributed by atoms with Crippen LogP contribution < -0.4 is 10.6 Å². The van der Waals surface area contributed by atoms with E-state index in [0.29, 0.717) is 5.69 Å². The number of aliphatic carboxylic acids is 1. The van der Waals surface area contributed by atoms with Gasteiger partial charge >= 0.3 is 5.97 Å². The van der Waals surface area contributed by atoms with E-state index >= 15 is 0 Å². The summed E-state index contributed by atoms with van der Waals surface area (Å²) < 4.78 is 0. The fourth-order valence-electron chi connectivity index (χ4n) is 1.73. The largest absolute Gasteiger partial charge is 0.481 e. The average Bonchev–Trinajstić information content (AvgIpc) is 2.05. The van der Waals surface area contributed by atoms with Gasteiger partial charge in [0.2, 0.25) is 0 Å². The van der Waals surface area contributed by atoms with Crippen molar-refractivity contribution in [1.29, 1.82) is 0 Å². The highest BCUT2D eigenvalue weighted by molar-refractivity contribution is 5.74. The van der Waals surface area contributed by atoms with Crippen LogP contribution in [0.15, 0.2) is 18.2 Å². The molecule has 1 aromatic carbocycles. The van der Waals surface area contributed by atoms with Crippen molar-refractivity contribution in [3.05, 3.63) is 23.8 Å². The minimum atomic E-state index is -0.828. The molecule has 0 aliphatic carbocycles. The molecule has 1 aliphatic rings. The Bertz CT molecular complexity index is 386. The maximum atomic E-state index is 10.5. The molecular formula is C11H14N2O2. The second kappa shape index (κ2) is 3.81. The first kappa shape index (κ1) is 9.83. The summed E-state index contributed by atoms with van der Waals surface area (Å²) in [7, 11) is 0. The molecule has 0 unspecified atom stereocenters. The van der Waals surface area contributed by atoms with E-state index in [4.69, 9.17) is 10.8 Å². The lowest BCUT2D eigenvalue weighted by Crippen LogP contribution is -2.37. The molecule has 0 saturated carbocycles. The van der Waals surface area contributed by atoms with Crippen LogP contribution in [-0.4, -0.2) is 24.2 Å². The number of carboxylic acid groups (broad SMARTS) is 1. The lowest BCUT2D eigenvalue weighted by Gasteiger charge is -2.34. The second-order valence-electron chi connectivity index (χ2n) is 3.80. The highest BCUT2D eigenvalue weighted by Crippen LogP contribution is 2.28. The average molecular weight is 206 g/mol. The van der Waals surface area contributed by atoms with Gasteiger partial charge in [-0.2, -0.15) is 0 Å². The number of hydrogen-bond donors (Lipinski definition) is 2. The maximum Gasteiger partial charge on any atom is 0.307 e. The number of hydrogen-bond acceptors (Lipinski definition) is 3. The van der Waals surface area contributed by atoms with E-state index in [-0.39, 0.29) is 6.42 Å². The molecule has 0 amide bonds. The molecule has 3 N–H and O–H groups in total. The Morgan fingerprint density at radius 3 is 2.67 bits per heavy atom. The first-order valence-electron chi connectivity index (χ1n) is 5.02. The lowest BCUT2D eigenvalue weighted by molar-refractivity contribution is -0.136. The topological polar surface area (TPSA) is 66.6 Å². The molecule has 0 bridgehead atoms. The first-order valence-corrected chi connectivity index (χ1v) is 5.02. The second-order valence-corrected chi connectivity index (χ2v) is 3.80. The quantitative estimate of drug-likeness (QED) is 0.727. The summed E-state index contributed by atoms with van der Waals surface area (Å²) in [4.78, 5) is 12.7. The van der Waals surface area contributed by atoms with Gasteiger partial charge in [0.1, 0.15) is 0 Å². The number of nitrogens with zero attached hydrogens (tertiary/aromatic N) is 1. The van der Waals surface area contributed by atoms with Gasteiger partial charge < -0.3 is 15.7 Å². The Labute approximate surface area is 88.3 Å². The molecule has 1 heterocycles. The molecule has 0 atom stereocenters. The van der Waals surface area contributed by atoms with Gasteiger partial charge in [0.15, 0.2) is 0 Å². The van der Waals surface area contributed by atoms with Crippen LogP contribution in [-0.2, 0) is 11.2 Å². The van der Waals surface area contributed by atoms with Gasteiger partial charge in [-0.05, 0) is 24.1 Å². The molecular weight excluding hydrogens is 192 g/mol. The molecule has 0 spiro atoms. The predicted octanol–water partition coefficient (Wildman–Crippen LogP) is 1.11. The lowest BCUT2D eigenvalue weighted by atomic mass is 10.1. The smallest absolute Gasteiger partial charge is 0.307 e. The highest BCUT2D eigenvalue weighted by atomic mass is 16.4. The van der Waals surface area contributed by atoms with Gasteiger partial charge in [-0.25, -0.2) is 0 Å². The number of carboxylic acids is 1. The van der Waals surface area contributed by atoms with Gasteiger partial charge in [-0.3, -0.25) is 4.79 Å². The maximum absolute atomic E-state index is 10.5. The van der Waals surface area contributed by atoms with E-state index in [1.165, 1.54) is 6.42 Å². The number of nitrogens with two attached hydrogens (primary N) is 1. The van der Waals surface area contributed by atoms with Crippen LogP contribution in [0, 0.1) is 0 Å². The summed E-state index contributed by atoms with van der Waals surface area (Å²) in [5.41, 5.74) is 8.32. The number of carbonyl (C=O) groups is 1. The van der Waals surface area contributed by atoms with Gasteiger partial charge in [0, 0.05) is 13.1 Å². The SMILES string of the molecule is Nc1cc(CC(=O)O)ccc1N1CCC1. The van der Waals surface area contributed by atoms with Crippen molar-refractivity contribution >= 4 is 17.3 Å². The zero-order chi connectivity index (χ0) is 10.8. The number of benzene rings is 1. The number of rotatable bonds is 3. The molecule has 1 saturated heterocycles. The predicted molar refractivity (Wildman–Crippen MR) is 59.0 cm³/mol. The Morgan fingerprint density at radius 2 is 2.20 bits per heavy atom. The van der Waals surface area contributed by atoms with E-state index in [9.17, 15) is 4.79 Å². The van der Waals surface area contributed by atoms with Crippen molar-refractivity contribution in [1.82, 2.24) is 0 Å². The third kappa shape index (κ3) is 2.03. The summed E-state index contributed by atoms with van der Waals surface area (Å²) in [6.45, 7) is 2.09. The summed E-state index contributed by atoms with van der Waals surface area (Å²) in [6, 6.07) is 5.49. The van der Waals surface area contributed by atoms with E-state index in [1.807, 2.05) is 12.1 Å². The Morgan fingerprint density at radius 1 is 1.47 bits per heavy atom. The number of nitrogen functional groups attached to an aromatic ring is 1. The zero-order valence-electron chi connectivity index (χ0n) is 8.44. The van der Waals surface area contributed by atoms with Crippen molar-refractivity contribution in [3.8, 4) is 0 Å². The van der Waals surface area contributed by atoms with Gasteiger partial charge in [-0.1, -0.05) is 6.07 Å². The van der Waals surface area contributed by atoms with Crippen LogP contribution in [0.5, 0.6) is 0 Å². The van der Waals surface area contributed by atoms with Crippen molar-refractivity contribution in [2.75, 3.05) is 23.7 Å². The van der Waals surface area contributed by atoms with Gasteiger partial charge in [0.25, 0.3) is 0 Å². The monoisotopic (exact) mass is 206 g/mol. The molecule has 1 aromatic rings. The minimum Gasteiger partial charge on any atom is -0.481 e. The molecule has 0 aromatic heterocycles. The third-order valence-corrected chi connectivity index (χ3v) is 2.64. The molecule has 0 radical (unpaired) electrons. The van der Waals surface area contributed by atoms with Crippen LogP contribution in [0.1, 0.15) is 12.0 Å². The van der Waals surface area contributed by atoms with Crippen LogP contribution in [0.3, 0.4) is 0 Å². The highest BCUT2D eigenvalue weighted by Gasteiger charge is 2.16. The van der Waals surface area contributed by atoms with Crippen molar-refractivity contribution in [2.45, 2.75) is 12.8 Å². The fraction of sp³-hybridized carbons (Fsp3) is 0.364. The van der Waals surface area contributed by atoms with E-state index in [1.54, 1.807) is 6.07 Å². The summed E-state index contributed by atoms with van der Waals surface area (Å²) in [5, 5.41) is 8.64. The Balaban J connectivity index is 2.18. The van der Waals surface area contributed by atoms with Gasteiger partial charge in [-0.15, -0.1) is 0 Å². The van der Waals surface area contributed by atoms with Crippen LogP contribution in [0.4, 0.5) is 11.4 Å². The molecule has 80 valence electrons. The molecule has 2 rings (SSSR count). The first-order chi connectivity index (χ1) is 7.16. The Hall–Kier alpha value is -1.71. The van der Waals surface area contributed by atoms with E-state index < -0.39 is 5.97 Å². The van der Waals surface area contributed by atoms with Crippen molar-refractivity contribution < 1.29 is 9.90 Å². The van der Waals surface area contributed by atoms with E-state index in [2.05, 4.69) is 4.90 Å². The summed E-state index contributed by atoms with van der Waals surface area (Å²) in [5.74, 6) is -0.828. The van der Waals surface area contributed by atoms with Crippen molar-refractivity contribution in [2.24, 2.45) is 0 Å². The molecule has 1 fully saturated rings. The number of anilines is 2. The van der Waals surface area contributed by atoms with E-state index in [0.717, 1.165) is 24.3 Å². The summed E-state index contributed by atoms with van der Waals surface area (Å²) >= 11 is 0. The molecule has 1 aliphatic heterocycles. The molecule has 4 nitrogen and oxygen atoms in total. The summed E-state index contributed by atoms with van der Waals surface area (Å²) in [6.07, 6.45) is 1.24. The Kier molecular flexibility index (Phi) is 2.49. The van der Waals surface area contributed by atoms with Crippen LogP contribution >= 0.6 is 0 Å². The fourth-order valence-corrected chi connectivity index (χ4v) is 1.73. The van der Waals surface area contributed by atoms with Crippen LogP contribution in [0.25, 0.3) is 0 Å². The van der Waals surface area contributed by atoms with Gasteiger partial charge in [0.05, 0.1) is 17.8 Å². The molecule has 15 heavy (non-hydrogen) atoms. The minimum absolute atomic E-state index is 0.0322. The molecule has 4 heteroatoms. The standard InChI is InChI=1S/C11H14N2O2/c12-9-6-8(7-11(14)15)2-3-10(9)13-4-1-5-13/h2-3,6H,1,4-5,7,12H2,(H,14,15). The third-order valence-electron chi connectivity index (χ3n) is 2.64.